The highest BCUT2D eigenvalue weighted by molar-refractivity contribution is 5.96. The monoisotopic (exact) mass is 306 g/mol. The molecule has 0 unspecified atom stereocenters. The van der Waals surface area contributed by atoms with E-state index >= 15 is 0 Å². The van der Waals surface area contributed by atoms with Gasteiger partial charge in [0.25, 0.3) is 0 Å². The zero-order valence-electron chi connectivity index (χ0n) is 13.6. The Morgan fingerprint density at radius 2 is 1.50 bits per heavy atom. The Balaban J connectivity index is 2.16. The number of carbonyl (C=O) groups excluding carboxylic acids is 2. The van der Waals surface area contributed by atoms with Crippen LogP contribution < -0.4 is 4.74 Å². The number of hydrogen-bond acceptors (Lipinski definition) is 4. The van der Waals surface area contributed by atoms with E-state index in [0.29, 0.717) is 26.1 Å². The summed E-state index contributed by atoms with van der Waals surface area (Å²) in [5.74, 6) is 0.819. The van der Waals surface area contributed by atoms with E-state index in [1.165, 1.54) is 0 Å². The molecule has 0 atom stereocenters. The van der Waals surface area contributed by atoms with Gasteiger partial charge >= 0.3 is 5.97 Å². The van der Waals surface area contributed by atoms with Crippen molar-refractivity contribution >= 4 is 11.8 Å². The molecular weight excluding hydrogens is 280 g/mol. The first-order valence-corrected chi connectivity index (χ1v) is 8.09. The Bertz CT molecular complexity index is 451. The molecule has 0 fully saturated rings. The Morgan fingerprint density at radius 1 is 0.864 bits per heavy atom. The highest BCUT2D eigenvalue weighted by Crippen LogP contribution is 2.15. The summed E-state index contributed by atoms with van der Waals surface area (Å²) in [5, 5.41) is 0. The maximum atomic E-state index is 12.0. The molecule has 0 aliphatic rings. The van der Waals surface area contributed by atoms with Crippen LogP contribution in [0.2, 0.25) is 0 Å². The van der Waals surface area contributed by atoms with E-state index < -0.39 is 0 Å². The molecule has 0 amide bonds. The first kappa shape index (κ1) is 18.2. The molecule has 4 nitrogen and oxygen atoms in total. The number of Topliss-reactive ketones (excluding diaryl/α,β-unsaturated/α-hetero) is 1. The van der Waals surface area contributed by atoms with Gasteiger partial charge < -0.3 is 9.47 Å². The number of benzene rings is 1. The van der Waals surface area contributed by atoms with E-state index in [-0.39, 0.29) is 11.8 Å². The first-order valence-electron chi connectivity index (χ1n) is 8.09. The predicted molar refractivity (Wildman–Crippen MR) is 86.3 cm³/mol. The van der Waals surface area contributed by atoms with Crippen LogP contribution in [0.4, 0.5) is 0 Å². The molecule has 0 bridgehead atoms. The van der Waals surface area contributed by atoms with Crippen molar-refractivity contribution in [3.8, 4) is 5.75 Å². The van der Waals surface area contributed by atoms with E-state index in [2.05, 4.69) is 0 Å². The van der Waals surface area contributed by atoms with Crippen LogP contribution in [-0.2, 0) is 9.53 Å². The van der Waals surface area contributed by atoms with E-state index in [4.69, 9.17) is 9.47 Å². The van der Waals surface area contributed by atoms with Crippen LogP contribution in [0.25, 0.3) is 0 Å². The molecule has 0 aliphatic carbocycles. The van der Waals surface area contributed by atoms with Crippen molar-refractivity contribution < 1.29 is 19.1 Å². The lowest BCUT2D eigenvalue weighted by Gasteiger charge is -2.05. The van der Waals surface area contributed by atoms with Gasteiger partial charge in [-0.15, -0.1) is 0 Å². The lowest BCUT2D eigenvalue weighted by Crippen LogP contribution is -2.03. The average molecular weight is 306 g/mol. The topological polar surface area (TPSA) is 52.6 Å². The average Bonchev–Trinajstić information content (AvgIpc) is 2.52. The zero-order valence-corrected chi connectivity index (χ0v) is 13.6. The van der Waals surface area contributed by atoms with Crippen molar-refractivity contribution in [3.05, 3.63) is 29.8 Å². The number of unbranched alkanes of at least 4 members (excludes halogenated alkanes) is 3. The van der Waals surface area contributed by atoms with Gasteiger partial charge in [0, 0.05) is 18.4 Å². The van der Waals surface area contributed by atoms with Gasteiger partial charge in [-0.25, -0.2) is 0 Å². The Morgan fingerprint density at radius 3 is 2.09 bits per heavy atom. The van der Waals surface area contributed by atoms with Crippen molar-refractivity contribution in [2.24, 2.45) is 0 Å². The van der Waals surface area contributed by atoms with Gasteiger partial charge in [0.15, 0.2) is 5.78 Å². The SMILES string of the molecule is CCOC(=O)CCCCCCC(=O)c1ccc(OCC)cc1. The molecule has 1 aromatic carbocycles. The minimum absolute atomic E-state index is 0.132. The van der Waals surface area contributed by atoms with Gasteiger partial charge in [-0.1, -0.05) is 12.8 Å². The minimum Gasteiger partial charge on any atom is -0.494 e. The second kappa shape index (κ2) is 10.8. The molecule has 0 saturated carbocycles. The number of ether oxygens (including phenoxy) is 2. The van der Waals surface area contributed by atoms with E-state index in [1.54, 1.807) is 0 Å². The van der Waals surface area contributed by atoms with E-state index in [1.807, 2.05) is 38.1 Å². The number of hydrogen-bond donors (Lipinski definition) is 0. The fourth-order valence-electron chi connectivity index (χ4n) is 2.19. The second-order valence-corrected chi connectivity index (χ2v) is 5.10. The summed E-state index contributed by atoms with van der Waals surface area (Å²) in [5.41, 5.74) is 0.731. The lowest BCUT2D eigenvalue weighted by molar-refractivity contribution is -0.143. The summed E-state index contributed by atoms with van der Waals surface area (Å²) in [4.78, 5) is 23.2. The first-order chi connectivity index (χ1) is 10.7. The number of esters is 1. The second-order valence-electron chi connectivity index (χ2n) is 5.10. The van der Waals surface area contributed by atoms with Crippen molar-refractivity contribution in [2.45, 2.75) is 52.4 Å². The molecule has 1 aromatic rings. The van der Waals surface area contributed by atoms with Crippen molar-refractivity contribution in [2.75, 3.05) is 13.2 Å². The van der Waals surface area contributed by atoms with Gasteiger partial charge in [-0.05, 0) is 51.0 Å². The molecule has 0 saturated heterocycles. The van der Waals surface area contributed by atoms with Crippen LogP contribution >= 0.6 is 0 Å². The molecule has 22 heavy (non-hydrogen) atoms. The van der Waals surface area contributed by atoms with Gasteiger partial charge in [0.05, 0.1) is 13.2 Å². The van der Waals surface area contributed by atoms with Gasteiger partial charge in [-0.3, -0.25) is 9.59 Å². The Hall–Kier alpha value is -1.84. The van der Waals surface area contributed by atoms with Gasteiger partial charge in [0.1, 0.15) is 5.75 Å². The minimum atomic E-state index is -0.132. The van der Waals surface area contributed by atoms with Crippen LogP contribution in [0.1, 0.15) is 62.7 Å². The Kier molecular flexibility index (Phi) is 8.96. The summed E-state index contributed by atoms with van der Waals surface area (Å²) >= 11 is 0. The lowest BCUT2D eigenvalue weighted by atomic mass is 10.0. The maximum absolute atomic E-state index is 12.0. The normalized spacial score (nSPS) is 10.3. The quantitative estimate of drug-likeness (QED) is 0.350. The van der Waals surface area contributed by atoms with Crippen LogP contribution in [-0.4, -0.2) is 25.0 Å². The standard InChI is InChI=1S/C18H26O4/c1-3-21-16-13-11-15(12-14-16)17(19)9-7-5-6-8-10-18(20)22-4-2/h11-14H,3-10H2,1-2H3. The summed E-state index contributed by atoms with van der Waals surface area (Å²) in [6, 6.07) is 7.29. The summed E-state index contributed by atoms with van der Waals surface area (Å²) < 4.78 is 10.2. The molecule has 0 heterocycles. The third-order valence-electron chi connectivity index (χ3n) is 3.33. The number of carbonyl (C=O) groups is 2. The molecule has 4 heteroatoms. The van der Waals surface area contributed by atoms with Crippen LogP contribution in [0.3, 0.4) is 0 Å². The van der Waals surface area contributed by atoms with Crippen LogP contribution in [0.15, 0.2) is 24.3 Å². The summed E-state index contributed by atoms with van der Waals surface area (Å²) in [7, 11) is 0. The smallest absolute Gasteiger partial charge is 0.305 e. The molecule has 0 spiro atoms. The van der Waals surface area contributed by atoms with E-state index in [0.717, 1.165) is 37.0 Å². The third kappa shape index (κ3) is 7.25. The fraction of sp³-hybridized carbons (Fsp3) is 0.556. The zero-order chi connectivity index (χ0) is 16.2. The summed E-state index contributed by atoms with van der Waals surface area (Å²) in [6.45, 7) is 4.81. The molecule has 0 aliphatic heterocycles. The largest absolute Gasteiger partial charge is 0.494 e. The highest BCUT2D eigenvalue weighted by Gasteiger charge is 2.06. The molecule has 0 aromatic heterocycles. The number of ketones is 1. The Labute approximate surface area is 132 Å². The van der Waals surface area contributed by atoms with Crippen LogP contribution in [0.5, 0.6) is 5.75 Å². The molecule has 1 rings (SSSR count). The summed E-state index contributed by atoms with van der Waals surface area (Å²) in [6.07, 6.45) is 4.62. The maximum Gasteiger partial charge on any atom is 0.305 e. The van der Waals surface area contributed by atoms with Crippen molar-refractivity contribution in [3.63, 3.8) is 0 Å². The van der Waals surface area contributed by atoms with E-state index in [9.17, 15) is 9.59 Å². The molecule has 0 radical (unpaired) electrons. The van der Waals surface area contributed by atoms with Crippen molar-refractivity contribution in [1.82, 2.24) is 0 Å². The van der Waals surface area contributed by atoms with Crippen molar-refractivity contribution in [1.29, 1.82) is 0 Å². The van der Waals surface area contributed by atoms with Crippen LogP contribution in [0, 0.1) is 0 Å². The highest BCUT2D eigenvalue weighted by atomic mass is 16.5. The predicted octanol–water partition coefficient (Wildman–Crippen LogP) is 4.17. The van der Waals surface area contributed by atoms with Gasteiger partial charge in [-0.2, -0.15) is 0 Å². The fourth-order valence-corrected chi connectivity index (χ4v) is 2.19. The van der Waals surface area contributed by atoms with Gasteiger partial charge in [0.2, 0.25) is 0 Å². The third-order valence-corrected chi connectivity index (χ3v) is 3.33. The number of rotatable bonds is 11. The molecular formula is C18H26O4. The molecule has 122 valence electrons. The molecule has 0 N–H and O–H groups in total.